The molecule has 0 radical (unpaired) electrons. The molecule has 3 saturated heterocycles. The Morgan fingerprint density at radius 2 is 1.84 bits per heavy atom. The fraction of sp³-hybridized carbons (Fsp3) is 0.526. The number of pyridine rings is 2. The fourth-order valence-electron chi connectivity index (χ4n) is 8.94. The number of nitrogens with one attached hydrogen (secondary N) is 1. The van der Waals surface area contributed by atoms with Crippen LogP contribution in [0, 0.1) is 5.82 Å². The normalized spacial score (nSPS) is 25.7. The third-order valence-electron chi connectivity index (χ3n) is 12.0. The maximum Gasteiger partial charge on any atom is 0.238 e. The van der Waals surface area contributed by atoms with Crippen LogP contribution in [0.4, 0.5) is 26.0 Å². The number of halogens is 2. The lowest BCUT2D eigenvalue weighted by atomic mass is 9.73. The maximum atomic E-state index is 14.8. The highest BCUT2D eigenvalue weighted by atomic mass is 19.1. The quantitative estimate of drug-likeness (QED) is 0.254. The lowest BCUT2D eigenvalue weighted by molar-refractivity contribution is -0.128. The summed E-state index contributed by atoms with van der Waals surface area (Å²) < 4.78 is 36.7. The highest BCUT2D eigenvalue weighted by molar-refractivity contribution is 6.09. The van der Waals surface area contributed by atoms with Crippen LogP contribution in [0.15, 0.2) is 49.1 Å². The zero-order chi connectivity index (χ0) is 34.1. The molecule has 3 aromatic heterocycles. The molecule has 4 aliphatic heterocycles. The molecule has 262 valence electrons. The van der Waals surface area contributed by atoms with Crippen LogP contribution in [0.25, 0.3) is 22.3 Å². The first-order chi connectivity index (χ1) is 24.3. The number of anilines is 3. The predicted molar refractivity (Wildman–Crippen MR) is 188 cm³/mol. The first kappa shape index (κ1) is 31.9. The Labute approximate surface area is 290 Å². The Bertz CT molecular complexity index is 1930. The van der Waals surface area contributed by atoms with Crippen molar-refractivity contribution in [3.63, 3.8) is 0 Å². The molecule has 1 atom stereocenters. The minimum Gasteiger partial charge on any atom is -0.378 e. The summed E-state index contributed by atoms with van der Waals surface area (Å²) in [6.07, 6.45) is 8.56. The maximum absolute atomic E-state index is 14.8. The molecule has 1 saturated carbocycles. The van der Waals surface area contributed by atoms with Gasteiger partial charge in [-0.15, -0.1) is 0 Å². The summed E-state index contributed by atoms with van der Waals surface area (Å²) in [6, 6.07) is 10.9. The first-order valence-corrected chi connectivity index (χ1v) is 18.2. The minimum absolute atomic E-state index is 0.0722. The van der Waals surface area contributed by atoms with Gasteiger partial charge in [0.05, 0.1) is 54.1 Å². The Balaban J connectivity index is 1.09. The van der Waals surface area contributed by atoms with E-state index in [1.54, 1.807) is 18.6 Å². The van der Waals surface area contributed by atoms with Gasteiger partial charge in [0.1, 0.15) is 11.7 Å². The van der Waals surface area contributed by atoms with Gasteiger partial charge in [-0.25, -0.2) is 18.7 Å². The number of aromatic nitrogens is 4. The van der Waals surface area contributed by atoms with E-state index in [4.69, 9.17) is 14.7 Å². The second-order valence-electron chi connectivity index (χ2n) is 15.2. The van der Waals surface area contributed by atoms with Crippen molar-refractivity contribution in [2.75, 3.05) is 49.6 Å². The number of benzene rings is 1. The van der Waals surface area contributed by atoms with Crippen LogP contribution in [-0.4, -0.2) is 98.9 Å². The van der Waals surface area contributed by atoms with Gasteiger partial charge in [0.2, 0.25) is 5.91 Å². The van der Waals surface area contributed by atoms with Crippen molar-refractivity contribution in [1.29, 1.82) is 0 Å². The van der Waals surface area contributed by atoms with E-state index in [1.807, 2.05) is 10.6 Å². The second kappa shape index (κ2) is 12.3. The number of fused-ring (bicyclic) bond motifs is 3. The molecular formula is C38H44F2N8O2. The highest BCUT2D eigenvalue weighted by Gasteiger charge is 2.56. The van der Waals surface area contributed by atoms with Gasteiger partial charge in [-0.05, 0) is 95.8 Å². The minimum atomic E-state index is -0.764. The Hall–Kier alpha value is -4.00. The van der Waals surface area contributed by atoms with Gasteiger partial charge < -0.3 is 19.5 Å². The van der Waals surface area contributed by atoms with E-state index < -0.39 is 17.4 Å². The van der Waals surface area contributed by atoms with Crippen molar-refractivity contribution < 1.29 is 18.3 Å². The number of carbonyl (C=O) groups is 1. The Kier molecular flexibility index (Phi) is 7.89. The molecular weight excluding hydrogens is 638 g/mol. The topological polar surface area (TPSA) is 91.7 Å². The van der Waals surface area contributed by atoms with Gasteiger partial charge in [-0.1, -0.05) is 12.1 Å². The second-order valence-corrected chi connectivity index (χ2v) is 15.2. The van der Waals surface area contributed by atoms with Crippen molar-refractivity contribution in [2.24, 2.45) is 0 Å². The summed E-state index contributed by atoms with van der Waals surface area (Å²) in [7, 11) is 0. The third kappa shape index (κ3) is 5.21. The molecule has 1 amide bonds. The van der Waals surface area contributed by atoms with E-state index in [-0.39, 0.29) is 23.7 Å². The molecule has 1 spiro atoms. The van der Waals surface area contributed by atoms with Crippen molar-refractivity contribution in [3.05, 3.63) is 60.4 Å². The molecule has 12 heteroatoms. The lowest BCUT2D eigenvalue weighted by Gasteiger charge is -2.49. The smallest absolute Gasteiger partial charge is 0.238 e. The summed E-state index contributed by atoms with van der Waals surface area (Å²) in [4.78, 5) is 35.4. The molecule has 1 N–H and O–H groups in total. The number of amides is 1. The van der Waals surface area contributed by atoms with Gasteiger partial charge in [0, 0.05) is 42.1 Å². The molecule has 4 fully saturated rings. The van der Waals surface area contributed by atoms with E-state index in [9.17, 15) is 13.6 Å². The molecule has 50 heavy (non-hydrogen) atoms. The van der Waals surface area contributed by atoms with Crippen LogP contribution in [0.2, 0.25) is 0 Å². The number of imidazole rings is 1. The van der Waals surface area contributed by atoms with E-state index in [0.717, 1.165) is 92.8 Å². The molecule has 5 aliphatic rings. The van der Waals surface area contributed by atoms with Crippen LogP contribution in [0.1, 0.15) is 64.0 Å². The number of piperidine rings is 2. The SMILES string of the molecule is CC(C)n1cnc2cc(-c3ccc4c(c3)N([C@H]3C[C@@H](N5CCC[C@@H](F)C5)C3)C(=O)C43CCN(C4COC4)CC3)nc(Nc3ccncc3F)c21. The number of rotatable bonds is 7. The number of carbonyl (C=O) groups excluding carboxylic acids is 1. The van der Waals surface area contributed by atoms with E-state index >= 15 is 0 Å². The average molecular weight is 683 g/mol. The third-order valence-corrected chi connectivity index (χ3v) is 12.0. The molecule has 4 aromatic rings. The zero-order valence-electron chi connectivity index (χ0n) is 28.7. The lowest BCUT2D eigenvalue weighted by Crippen LogP contribution is -2.60. The van der Waals surface area contributed by atoms with Crippen LogP contribution >= 0.6 is 0 Å². The van der Waals surface area contributed by atoms with Crippen molar-refractivity contribution >= 4 is 34.1 Å². The van der Waals surface area contributed by atoms with Crippen LogP contribution in [0.5, 0.6) is 0 Å². The Morgan fingerprint density at radius 1 is 1.02 bits per heavy atom. The Morgan fingerprint density at radius 3 is 2.56 bits per heavy atom. The van der Waals surface area contributed by atoms with Crippen LogP contribution in [0.3, 0.4) is 0 Å². The number of alkyl halides is 1. The number of ether oxygens (including phenoxy) is 1. The van der Waals surface area contributed by atoms with Gasteiger partial charge in [0.15, 0.2) is 11.6 Å². The number of likely N-dealkylation sites (tertiary alicyclic amines) is 2. The van der Waals surface area contributed by atoms with Crippen molar-refractivity contribution in [2.45, 2.75) is 88.1 Å². The number of hydrogen-bond donors (Lipinski definition) is 1. The zero-order valence-corrected chi connectivity index (χ0v) is 28.7. The number of hydrogen-bond acceptors (Lipinski definition) is 8. The summed E-state index contributed by atoms with van der Waals surface area (Å²) in [5.74, 6) is 0.233. The summed E-state index contributed by atoms with van der Waals surface area (Å²) in [5, 5.41) is 3.22. The molecule has 7 heterocycles. The van der Waals surface area contributed by atoms with Crippen molar-refractivity contribution in [1.82, 2.24) is 29.3 Å². The van der Waals surface area contributed by atoms with Gasteiger partial charge in [-0.2, -0.15) is 0 Å². The van der Waals surface area contributed by atoms with E-state index in [0.29, 0.717) is 36.6 Å². The molecule has 1 aromatic carbocycles. The van der Waals surface area contributed by atoms with Gasteiger partial charge in [-0.3, -0.25) is 19.6 Å². The monoisotopic (exact) mass is 682 g/mol. The number of nitrogens with zero attached hydrogens (tertiary/aromatic N) is 7. The molecule has 0 bridgehead atoms. The summed E-state index contributed by atoms with van der Waals surface area (Å²) in [5.41, 5.74) is 4.87. The molecule has 1 aliphatic carbocycles. The summed E-state index contributed by atoms with van der Waals surface area (Å²) in [6.45, 7) is 8.84. The standard InChI is InChI=1S/C38H44F2N8O2/c1-23(2)47-22-42-33-17-32(44-36(35(33)47)43-31-7-10-41-18-30(31)40)24-5-6-29-34(14-24)48(27-15-26(16-27)46-11-3-4-25(39)19-46)37(49)38(29)8-12-45(13-9-38)28-20-50-21-28/h5-7,10,14,17-18,22-23,25-28H,3-4,8-9,11-13,15-16,19-21H2,1-2H3,(H,41,43,44)/t25-,26-,27+/m1/s1. The van der Waals surface area contributed by atoms with E-state index in [1.165, 1.54) is 6.20 Å². The van der Waals surface area contributed by atoms with Crippen LogP contribution in [-0.2, 0) is 14.9 Å². The molecule has 0 unspecified atom stereocenters. The van der Waals surface area contributed by atoms with Crippen LogP contribution < -0.4 is 10.2 Å². The highest BCUT2D eigenvalue weighted by Crippen LogP contribution is 2.52. The van der Waals surface area contributed by atoms with E-state index in [2.05, 4.69) is 57.0 Å². The largest absolute Gasteiger partial charge is 0.378 e. The molecule has 10 nitrogen and oxygen atoms in total. The fourth-order valence-corrected chi connectivity index (χ4v) is 8.94. The molecule has 9 rings (SSSR count). The van der Waals surface area contributed by atoms with Gasteiger partial charge in [0.25, 0.3) is 0 Å². The first-order valence-electron chi connectivity index (χ1n) is 18.2. The summed E-state index contributed by atoms with van der Waals surface area (Å²) >= 11 is 0. The van der Waals surface area contributed by atoms with Gasteiger partial charge >= 0.3 is 0 Å². The van der Waals surface area contributed by atoms with Crippen molar-refractivity contribution in [3.8, 4) is 11.3 Å². The average Bonchev–Trinajstić information content (AvgIpc) is 3.60. The predicted octanol–water partition coefficient (Wildman–Crippen LogP) is 6.00.